The van der Waals surface area contributed by atoms with Crippen LogP contribution in [0, 0.1) is 0 Å². The molecule has 1 N–H and O–H groups in total. The predicted molar refractivity (Wildman–Crippen MR) is 87.0 cm³/mol. The van der Waals surface area contributed by atoms with Gasteiger partial charge in [0.1, 0.15) is 0 Å². The third-order valence-electron chi connectivity index (χ3n) is 2.82. The quantitative estimate of drug-likeness (QED) is 0.849. The van der Waals surface area contributed by atoms with E-state index < -0.39 is 0 Å². The Hall–Kier alpha value is -1.73. The molecule has 0 bridgehead atoms. The van der Waals surface area contributed by atoms with Crippen molar-refractivity contribution in [3.05, 3.63) is 34.6 Å². The number of benzene rings is 1. The van der Waals surface area contributed by atoms with Crippen LogP contribution in [0.25, 0.3) is 11.4 Å². The van der Waals surface area contributed by atoms with Gasteiger partial charge in [-0.3, -0.25) is 9.69 Å². The van der Waals surface area contributed by atoms with E-state index in [4.69, 9.17) is 4.52 Å². The summed E-state index contributed by atoms with van der Waals surface area (Å²) in [6, 6.07) is 7.82. The molecule has 1 heterocycles. The van der Waals surface area contributed by atoms with Crippen molar-refractivity contribution in [1.29, 1.82) is 0 Å². The number of aromatic nitrogens is 2. The summed E-state index contributed by atoms with van der Waals surface area (Å²) in [5, 5.41) is 6.82. The summed E-state index contributed by atoms with van der Waals surface area (Å²) in [5.74, 6) is 0.996. The number of amides is 1. The molecule has 0 aliphatic heterocycles. The van der Waals surface area contributed by atoms with Crippen LogP contribution in [-0.2, 0) is 11.3 Å². The molecule has 2 rings (SSSR count). The van der Waals surface area contributed by atoms with Gasteiger partial charge in [-0.1, -0.05) is 33.2 Å². The molecule has 1 aromatic heterocycles. The summed E-state index contributed by atoms with van der Waals surface area (Å²) in [6.45, 7) is 4.57. The Morgan fingerprint density at radius 2 is 2.23 bits per heavy atom. The van der Waals surface area contributed by atoms with Gasteiger partial charge in [0.2, 0.25) is 17.6 Å². The Bertz CT molecular complexity index is 642. The van der Waals surface area contributed by atoms with Crippen LogP contribution in [0.4, 0.5) is 0 Å². The Morgan fingerprint density at radius 3 is 2.91 bits per heavy atom. The van der Waals surface area contributed by atoms with Gasteiger partial charge in [0.05, 0.1) is 13.1 Å². The minimum Gasteiger partial charge on any atom is -0.353 e. The van der Waals surface area contributed by atoms with Gasteiger partial charge < -0.3 is 9.84 Å². The lowest BCUT2D eigenvalue weighted by molar-refractivity contribution is -0.122. The first kappa shape index (κ1) is 16.6. The monoisotopic (exact) mass is 366 g/mol. The Labute approximate surface area is 138 Å². The lowest BCUT2D eigenvalue weighted by Crippen LogP contribution is -2.38. The van der Waals surface area contributed by atoms with Crippen molar-refractivity contribution >= 4 is 21.8 Å². The summed E-state index contributed by atoms with van der Waals surface area (Å²) in [7, 11) is 1.84. The molecule has 1 aromatic carbocycles. The molecule has 7 heteroatoms. The van der Waals surface area contributed by atoms with E-state index in [0.717, 1.165) is 10.0 Å². The van der Waals surface area contributed by atoms with E-state index in [1.54, 1.807) is 0 Å². The number of halogens is 1. The predicted octanol–water partition coefficient (Wildman–Crippen LogP) is 2.46. The molecule has 0 fully saturated rings. The fourth-order valence-corrected chi connectivity index (χ4v) is 2.36. The van der Waals surface area contributed by atoms with Crippen molar-refractivity contribution in [2.45, 2.75) is 26.4 Å². The third-order valence-corrected chi connectivity index (χ3v) is 3.31. The van der Waals surface area contributed by atoms with Crippen molar-refractivity contribution in [2.75, 3.05) is 13.6 Å². The molecule has 0 atom stereocenters. The Balaban J connectivity index is 1.96. The maximum atomic E-state index is 11.7. The fraction of sp³-hybridized carbons (Fsp3) is 0.400. The average Bonchev–Trinajstić information content (AvgIpc) is 2.85. The van der Waals surface area contributed by atoms with Crippen LogP contribution < -0.4 is 5.32 Å². The normalized spacial score (nSPS) is 11.2. The molecule has 0 aliphatic carbocycles. The van der Waals surface area contributed by atoms with Gasteiger partial charge in [-0.05, 0) is 33.0 Å². The van der Waals surface area contributed by atoms with Crippen LogP contribution in [-0.4, -0.2) is 40.6 Å². The van der Waals surface area contributed by atoms with E-state index in [1.807, 2.05) is 50.1 Å². The molecule has 118 valence electrons. The van der Waals surface area contributed by atoms with E-state index in [-0.39, 0.29) is 18.5 Å². The zero-order valence-corrected chi connectivity index (χ0v) is 14.4. The smallest absolute Gasteiger partial charge is 0.241 e. The SMILES string of the molecule is CC(C)NC(=O)CN(C)Cc1nc(-c2cccc(Br)c2)no1. The van der Waals surface area contributed by atoms with Gasteiger partial charge in [-0.25, -0.2) is 0 Å². The molecule has 22 heavy (non-hydrogen) atoms. The molecule has 2 aromatic rings. The van der Waals surface area contributed by atoms with Gasteiger partial charge in [0, 0.05) is 16.1 Å². The van der Waals surface area contributed by atoms with Gasteiger partial charge in [0.15, 0.2) is 0 Å². The summed E-state index contributed by atoms with van der Waals surface area (Å²) in [5.41, 5.74) is 0.879. The zero-order chi connectivity index (χ0) is 16.1. The first-order chi connectivity index (χ1) is 10.4. The van der Waals surface area contributed by atoms with Crippen LogP contribution in [0.3, 0.4) is 0 Å². The number of carbonyl (C=O) groups is 1. The lowest BCUT2D eigenvalue weighted by atomic mass is 10.2. The van der Waals surface area contributed by atoms with Crippen molar-refractivity contribution in [3.63, 3.8) is 0 Å². The summed E-state index contributed by atoms with van der Waals surface area (Å²) in [4.78, 5) is 17.9. The molecule has 6 nitrogen and oxygen atoms in total. The highest BCUT2D eigenvalue weighted by Gasteiger charge is 2.13. The van der Waals surface area contributed by atoms with Gasteiger partial charge in [0.25, 0.3) is 0 Å². The maximum Gasteiger partial charge on any atom is 0.241 e. The zero-order valence-electron chi connectivity index (χ0n) is 12.8. The highest BCUT2D eigenvalue weighted by atomic mass is 79.9. The molecule has 1 amide bonds. The molecular weight excluding hydrogens is 348 g/mol. The Morgan fingerprint density at radius 1 is 1.45 bits per heavy atom. The number of likely N-dealkylation sites (N-methyl/N-ethyl adjacent to an activating group) is 1. The van der Waals surface area contributed by atoms with E-state index in [0.29, 0.717) is 18.3 Å². The minimum absolute atomic E-state index is 0.0239. The van der Waals surface area contributed by atoms with Gasteiger partial charge in [-0.15, -0.1) is 0 Å². The first-order valence-corrected chi connectivity index (χ1v) is 7.80. The lowest BCUT2D eigenvalue weighted by Gasteiger charge is -2.15. The summed E-state index contributed by atoms with van der Waals surface area (Å²) < 4.78 is 6.20. The third kappa shape index (κ3) is 4.92. The topological polar surface area (TPSA) is 71.3 Å². The summed E-state index contributed by atoms with van der Waals surface area (Å²) in [6.07, 6.45) is 0. The van der Waals surface area contributed by atoms with Crippen LogP contribution in [0.2, 0.25) is 0 Å². The molecule has 0 unspecified atom stereocenters. The molecule has 0 aliphatic rings. The highest BCUT2D eigenvalue weighted by molar-refractivity contribution is 9.10. The standard InChI is InChI=1S/C15H19BrN4O2/c1-10(2)17-13(21)8-20(3)9-14-18-15(19-22-14)11-5-4-6-12(16)7-11/h4-7,10H,8-9H2,1-3H3,(H,17,21). The van der Waals surface area contributed by atoms with E-state index in [9.17, 15) is 4.79 Å². The maximum absolute atomic E-state index is 11.7. The molecule has 0 saturated carbocycles. The second-order valence-electron chi connectivity index (χ2n) is 5.42. The summed E-state index contributed by atoms with van der Waals surface area (Å²) >= 11 is 3.41. The van der Waals surface area contributed by atoms with Crippen LogP contribution >= 0.6 is 15.9 Å². The molecule has 0 saturated heterocycles. The molecule has 0 spiro atoms. The first-order valence-electron chi connectivity index (χ1n) is 7.00. The fourth-order valence-electron chi connectivity index (χ4n) is 1.96. The van der Waals surface area contributed by atoms with Crippen molar-refractivity contribution in [2.24, 2.45) is 0 Å². The Kier molecular flexibility index (Phi) is 5.68. The minimum atomic E-state index is -0.0239. The van der Waals surface area contributed by atoms with Crippen molar-refractivity contribution in [3.8, 4) is 11.4 Å². The molecular formula is C15H19BrN4O2. The highest BCUT2D eigenvalue weighted by Crippen LogP contribution is 2.20. The van der Waals surface area contributed by atoms with E-state index in [2.05, 4.69) is 31.4 Å². The number of rotatable bonds is 6. The number of nitrogens with one attached hydrogen (secondary N) is 1. The van der Waals surface area contributed by atoms with Crippen LogP contribution in [0.5, 0.6) is 0 Å². The van der Waals surface area contributed by atoms with Crippen LogP contribution in [0.15, 0.2) is 33.3 Å². The number of hydrogen-bond acceptors (Lipinski definition) is 5. The van der Waals surface area contributed by atoms with Gasteiger partial charge in [-0.2, -0.15) is 4.98 Å². The van der Waals surface area contributed by atoms with Gasteiger partial charge >= 0.3 is 0 Å². The van der Waals surface area contributed by atoms with E-state index >= 15 is 0 Å². The van der Waals surface area contributed by atoms with Crippen molar-refractivity contribution < 1.29 is 9.32 Å². The number of nitrogens with zero attached hydrogens (tertiary/aromatic N) is 3. The average molecular weight is 367 g/mol. The van der Waals surface area contributed by atoms with Crippen molar-refractivity contribution in [1.82, 2.24) is 20.4 Å². The van der Waals surface area contributed by atoms with Crippen LogP contribution in [0.1, 0.15) is 19.7 Å². The largest absolute Gasteiger partial charge is 0.353 e. The number of carbonyl (C=O) groups excluding carboxylic acids is 1. The second-order valence-corrected chi connectivity index (χ2v) is 6.33. The second kappa shape index (κ2) is 7.51. The van der Waals surface area contributed by atoms with E-state index in [1.165, 1.54) is 0 Å². The number of hydrogen-bond donors (Lipinski definition) is 1. The molecule has 0 radical (unpaired) electrons.